The van der Waals surface area contributed by atoms with Crippen molar-refractivity contribution >= 4 is 23.0 Å². The van der Waals surface area contributed by atoms with Crippen molar-refractivity contribution in [2.75, 3.05) is 30.3 Å². The maximum atomic E-state index is 13.0. The first-order chi connectivity index (χ1) is 16.3. The fraction of sp³-hybridized carbons (Fsp3) is 0.400. The zero-order valence-corrected chi connectivity index (χ0v) is 19.3. The predicted octanol–water partition coefficient (Wildman–Crippen LogP) is 3.04. The summed E-state index contributed by atoms with van der Waals surface area (Å²) in [6.45, 7) is 4.72. The molecule has 0 spiro atoms. The molecule has 0 saturated carbocycles. The molecule has 9 nitrogen and oxygen atoms in total. The molecule has 1 amide bonds. The van der Waals surface area contributed by atoms with Gasteiger partial charge in [0.1, 0.15) is 22.9 Å². The molecule has 2 heterocycles. The van der Waals surface area contributed by atoms with Gasteiger partial charge in [0.2, 0.25) is 0 Å². The normalized spacial score (nSPS) is 17.0. The van der Waals surface area contributed by atoms with E-state index in [4.69, 9.17) is 4.42 Å². The SMILES string of the molecule is CC[C@@H](Nc1c(Nc2cccc(C(=O)N3CCCC(CO)C3)c2O)c(=O)c1=O)c1ccc(C)o1. The molecule has 0 aliphatic carbocycles. The Morgan fingerprint density at radius 3 is 2.65 bits per heavy atom. The van der Waals surface area contributed by atoms with E-state index < -0.39 is 10.9 Å². The number of benzene rings is 1. The summed E-state index contributed by atoms with van der Waals surface area (Å²) in [6, 6.07) is 7.98. The molecule has 3 aromatic rings. The van der Waals surface area contributed by atoms with Crippen LogP contribution < -0.4 is 21.5 Å². The second-order valence-electron chi connectivity index (χ2n) is 8.73. The molecule has 2 aromatic carbocycles. The number of rotatable bonds is 8. The number of nitrogens with one attached hydrogen (secondary N) is 2. The molecule has 0 bridgehead atoms. The van der Waals surface area contributed by atoms with E-state index >= 15 is 0 Å². The Morgan fingerprint density at radius 2 is 1.97 bits per heavy atom. The van der Waals surface area contributed by atoms with Crippen LogP contribution in [0.4, 0.5) is 17.1 Å². The summed E-state index contributed by atoms with van der Waals surface area (Å²) in [5, 5.41) is 26.2. The summed E-state index contributed by atoms with van der Waals surface area (Å²) < 4.78 is 5.66. The van der Waals surface area contributed by atoms with Crippen molar-refractivity contribution in [3.63, 3.8) is 0 Å². The number of carbonyl (C=O) groups is 1. The number of phenols is 1. The smallest absolute Gasteiger partial charge is 0.257 e. The van der Waals surface area contributed by atoms with Gasteiger partial charge in [0.15, 0.2) is 5.75 Å². The average molecular weight is 468 g/mol. The molecule has 9 heteroatoms. The number of hydrogen-bond acceptors (Lipinski definition) is 8. The number of aromatic hydroxyl groups is 1. The van der Waals surface area contributed by atoms with Gasteiger partial charge in [-0.25, -0.2) is 0 Å². The number of nitrogens with zero attached hydrogens (tertiary/aromatic N) is 1. The van der Waals surface area contributed by atoms with Crippen LogP contribution in [0.5, 0.6) is 5.75 Å². The molecular weight excluding hydrogens is 438 g/mol. The Hall–Kier alpha value is -3.59. The lowest BCUT2D eigenvalue weighted by Gasteiger charge is -2.32. The Morgan fingerprint density at radius 1 is 1.21 bits per heavy atom. The van der Waals surface area contributed by atoms with Gasteiger partial charge in [0.25, 0.3) is 16.8 Å². The molecular formula is C25H29N3O6. The van der Waals surface area contributed by atoms with Crippen LogP contribution in [0.15, 0.2) is 44.3 Å². The number of piperidine rings is 1. The largest absolute Gasteiger partial charge is 0.505 e. The lowest BCUT2D eigenvalue weighted by Crippen LogP contribution is -2.41. The molecule has 2 atom stereocenters. The van der Waals surface area contributed by atoms with E-state index in [-0.39, 0.29) is 52.8 Å². The first-order valence-electron chi connectivity index (χ1n) is 11.5. The molecule has 1 aliphatic heterocycles. The van der Waals surface area contributed by atoms with Crippen molar-refractivity contribution in [2.45, 2.75) is 39.2 Å². The van der Waals surface area contributed by atoms with Crippen molar-refractivity contribution in [1.29, 1.82) is 0 Å². The van der Waals surface area contributed by atoms with Crippen molar-refractivity contribution in [2.24, 2.45) is 5.92 Å². The van der Waals surface area contributed by atoms with Gasteiger partial charge < -0.3 is 30.2 Å². The monoisotopic (exact) mass is 467 g/mol. The number of aryl methyl sites for hydroxylation is 1. The van der Waals surface area contributed by atoms with Crippen LogP contribution >= 0.6 is 0 Å². The van der Waals surface area contributed by atoms with Crippen LogP contribution in [0.25, 0.3) is 0 Å². The lowest BCUT2D eigenvalue weighted by atomic mass is 9.98. The van der Waals surface area contributed by atoms with Crippen molar-refractivity contribution in [3.8, 4) is 5.75 Å². The van der Waals surface area contributed by atoms with Gasteiger partial charge in [-0.2, -0.15) is 0 Å². The van der Waals surface area contributed by atoms with E-state index in [0.717, 1.165) is 18.6 Å². The van der Waals surface area contributed by atoms with E-state index in [0.29, 0.717) is 25.3 Å². The van der Waals surface area contributed by atoms with Gasteiger partial charge in [-0.15, -0.1) is 0 Å². The summed E-state index contributed by atoms with van der Waals surface area (Å²) in [5.74, 6) is 0.761. The molecule has 180 valence electrons. The van der Waals surface area contributed by atoms with Gasteiger partial charge in [-0.1, -0.05) is 13.0 Å². The van der Waals surface area contributed by atoms with E-state index in [9.17, 15) is 24.6 Å². The second kappa shape index (κ2) is 9.72. The number of para-hydroxylation sites is 1. The average Bonchev–Trinajstić information content (AvgIpc) is 3.29. The number of hydrogen-bond donors (Lipinski definition) is 4. The van der Waals surface area contributed by atoms with Gasteiger partial charge in [-0.05, 0) is 56.4 Å². The number of anilines is 3. The van der Waals surface area contributed by atoms with Gasteiger partial charge >= 0.3 is 0 Å². The third-order valence-corrected chi connectivity index (χ3v) is 6.33. The minimum absolute atomic E-state index is 0.00770. The maximum Gasteiger partial charge on any atom is 0.257 e. The third-order valence-electron chi connectivity index (χ3n) is 6.33. The third kappa shape index (κ3) is 4.43. The van der Waals surface area contributed by atoms with Crippen molar-refractivity contribution < 1.29 is 19.4 Å². The van der Waals surface area contributed by atoms with Crippen molar-refractivity contribution in [3.05, 3.63) is 67.9 Å². The van der Waals surface area contributed by atoms with Crippen LogP contribution in [0.1, 0.15) is 54.1 Å². The van der Waals surface area contributed by atoms with E-state index in [1.54, 1.807) is 11.0 Å². The fourth-order valence-electron chi connectivity index (χ4n) is 4.36. The molecule has 4 rings (SSSR count). The highest BCUT2D eigenvalue weighted by atomic mass is 16.3. The summed E-state index contributed by atoms with van der Waals surface area (Å²) in [6.07, 6.45) is 2.25. The van der Waals surface area contributed by atoms with Crippen LogP contribution in [0.2, 0.25) is 0 Å². The van der Waals surface area contributed by atoms with Crippen LogP contribution in [-0.4, -0.2) is 40.7 Å². The highest BCUT2D eigenvalue weighted by Crippen LogP contribution is 2.34. The summed E-state index contributed by atoms with van der Waals surface area (Å²) in [5.41, 5.74) is -0.966. The molecule has 1 aliphatic rings. The van der Waals surface area contributed by atoms with Crippen molar-refractivity contribution in [1.82, 2.24) is 4.90 Å². The predicted molar refractivity (Wildman–Crippen MR) is 129 cm³/mol. The molecule has 4 N–H and O–H groups in total. The first kappa shape index (κ1) is 23.6. The first-order valence-corrected chi connectivity index (χ1v) is 11.5. The Bertz CT molecular complexity index is 1260. The van der Waals surface area contributed by atoms with E-state index in [2.05, 4.69) is 10.6 Å². The Balaban J connectivity index is 1.56. The number of aliphatic hydroxyl groups excluding tert-OH is 1. The fourth-order valence-corrected chi connectivity index (χ4v) is 4.36. The zero-order valence-electron chi connectivity index (χ0n) is 19.3. The number of amides is 1. The number of likely N-dealkylation sites (tertiary alicyclic amines) is 1. The highest BCUT2D eigenvalue weighted by molar-refractivity contribution is 5.99. The van der Waals surface area contributed by atoms with E-state index in [1.807, 2.05) is 26.0 Å². The zero-order chi connectivity index (χ0) is 24.4. The summed E-state index contributed by atoms with van der Waals surface area (Å²) in [4.78, 5) is 39.3. The van der Waals surface area contributed by atoms with Crippen LogP contribution in [-0.2, 0) is 0 Å². The maximum absolute atomic E-state index is 13.0. The molecule has 0 radical (unpaired) electrons. The number of phenolic OH excluding ortho intramolecular Hbond substituents is 1. The Kier molecular flexibility index (Phi) is 6.74. The highest BCUT2D eigenvalue weighted by Gasteiger charge is 2.28. The number of furan rings is 1. The molecule has 1 saturated heterocycles. The second-order valence-corrected chi connectivity index (χ2v) is 8.73. The molecule has 1 aromatic heterocycles. The summed E-state index contributed by atoms with van der Waals surface area (Å²) >= 11 is 0. The van der Waals surface area contributed by atoms with Crippen LogP contribution in [0.3, 0.4) is 0 Å². The van der Waals surface area contributed by atoms with Crippen LogP contribution in [0, 0.1) is 12.8 Å². The van der Waals surface area contributed by atoms with Gasteiger partial charge in [0.05, 0.1) is 17.3 Å². The quantitative estimate of drug-likeness (QED) is 0.294. The summed E-state index contributed by atoms with van der Waals surface area (Å²) in [7, 11) is 0. The topological polar surface area (TPSA) is 132 Å². The molecule has 1 unspecified atom stereocenters. The molecule has 1 fully saturated rings. The van der Waals surface area contributed by atoms with Gasteiger partial charge in [0, 0.05) is 19.7 Å². The van der Waals surface area contributed by atoms with Gasteiger partial charge in [-0.3, -0.25) is 14.4 Å². The lowest BCUT2D eigenvalue weighted by molar-refractivity contribution is 0.0618. The minimum Gasteiger partial charge on any atom is -0.505 e. The minimum atomic E-state index is -0.703. The van der Waals surface area contributed by atoms with E-state index in [1.165, 1.54) is 12.1 Å². The Labute approximate surface area is 196 Å². The standard InChI is InChI=1S/C25H29N3O6/c1-3-17(19-10-9-14(2)34-19)26-20-21(24(32)23(20)31)27-18-8-4-7-16(22(18)30)25(33)28-11-5-6-15(12-28)13-29/h4,7-10,15,17,26-27,29-30H,3,5-6,11-13H2,1-2H3/t15?,17-/m1/s1. The number of carbonyl (C=O) groups excluding carboxylic acids is 1. The number of aliphatic hydroxyl groups is 1. The molecule has 34 heavy (non-hydrogen) atoms.